The van der Waals surface area contributed by atoms with Gasteiger partial charge in [-0.05, 0) is 48.5 Å². The normalized spacial score (nSPS) is 10.3. The van der Waals surface area contributed by atoms with Crippen molar-refractivity contribution in [3.63, 3.8) is 0 Å². The number of carboxylic acids is 1. The first-order chi connectivity index (χ1) is 11.4. The lowest BCUT2D eigenvalue weighted by atomic mass is 10.2. The summed E-state index contributed by atoms with van der Waals surface area (Å²) in [5, 5.41) is 10.8. The number of nitrogens with zero attached hydrogens (tertiary/aromatic N) is 3. The van der Waals surface area contributed by atoms with Gasteiger partial charge in [-0.25, -0.2) is 5.43 Å². The van der Waals surface area contributed by atoms with E-state index in [1.807, 2.05) is 86.5 Å². The number of rotatable bonds is 7. The van der Waals surface area contributed by atoms with Gasteiger partial charge < -0.3 is 14.9 Å². The van der Waals surface area contributed by atoms with E-state index in [2.05, 4.69) is 5.43 Å². The maximum atomic E-state index is 11.0. The Morgan fingerprint density at radius 1 is 0.792 bits per heavy atom. The van der Waals surface area contributed by atoms with E-state index in [1.54, 1.807) is 5.01 Å². The van der Waals surface area contributed by atoms with Crippen LogP contribution in [0.2, 0.25) is 0 Å². The van der Waals surface area contributed by atoms with Crippen LogP contribution in [-0.4, -0.2) is 45.8 Å². The van der Waals surface area contributed by atoms with Crippen LogP contribution in [0.15, 0.2) is 48.5 Å². The van der Waals surface area contributed by atoms with Crippen molar-refractivity contribution in [2.24, 2.45) is 0 Å². The molecule has 0 bridgehead atoms. The summed E-state index contributed by atoms with van der Waals surface area (Å²) < 4.78 is 0. The minimum Gasteiger partial charge on any atom is -0.480 e. The monoisotopic (exact) mass is 328 g/mol. The van der Waals surface area contributed by atoms with Crippen molar-refractivity contribution in [3.8, 4) is 0 Å². The molecule has 0 aliphatic carbocycles. The highest BCUT2D eigenvalue weighted by atomic mass is 16.4. The van der Waals surface area contributed by atoms with E-state index >= 15 is 0 Å². The van der Waals surface area contributed by atoms with Crippen molar-refractivity contribution in [2.45, 2.75) is 0 Å². The second-order valence-electron chi connectivity index (χ2n) is 5.89. The smallest absolute Gasteiger partial charge is 0.319 e. The van der Waals surface area contributed by atoms with Gasteiger partial charge in [0, 0.05) is 39.6 Å². The molecule has 0 unspecified atom stereocenters. The van der Waals surface area contributed by atoms with E-state index in [9.17, 15) is 4.79 Å². The van der Waals surface area contributed by atoms with Gasteiger partial charge in [0.05, 0.1) is 11.4 Å². The van der Waals surface area contributed by atoms with Gasteiger partial charge >= 0.3 is 5.97 Å². The molecule has 0 spiro atoms. The summed E-state index contributed by atoms with van der Waals surface area (Å²) >= 11 is 0. The van der Waals surface area contributed by atoms with Gasteiger partial charge in [0.2, 0.25) is 0 Å². The predicted molar refractivity (Wildman–Crippen MR) is 99.3 cm³/mol. The van der Waals surface area contributed by atoms with Gasteiger partial charge in [0.1, 0.15) is 6.54 Å². The number of anilines is 4. The average Bonchev–Trinajstić information content (AvgIpc) is 2.55. The van der Waals surface area contributed by atoms with Crippen LogP contribution < -0.4 is 20.2 Å². The topological polar surface area (TPSA) is 59.1 Å². The zero-order valence-electron chi connectivity index (χ0n) is 14.5. The number of benzene rings is 2. The molecule has 0 amide bonds. The minimum atomic E-state index is -0.908. The van der Waals surface area contributed by atoms with E-state index in [-0.39, 0.29) is 6.54 Å². The van der Waals surface area contributed by atoms with Crippen molar-refractivity contribution in [3.05, 3.63) is 48.5 Å². The van der Waals surface area contributed by atoms with Crippen molar-refractivity contribution in [1.82, 2.24) is 5.43 Å². The number of nitrogens with one attached hydrogen (secondary N) is 1. The Morgan fingerprint density at radius 3 is 1.42 bits per heavy atom. The lowest BCUT2D eigenvalue weighted by Gasteiger charge is -2.26. The SMILES string of the molecule is CN(C)c1ccc(N(NCC(=O)O)c2ccc(N(C)C)cc2)cc1. The van der Waals surface area contributed by atoms with Crippen molar-refractivity contribution < 1.29 is 9.90 Å². The number of carbonyl (C=O) groups is 1. The number of hydrazine groups is 1. The summed E-state index contributed by atoms with van der Waals surface area (Å²) in [5.41, 5.74) is 6.87. The van der Waals surface area contributed by atoms with Crippen molar-refractivity contribution in [1.29, 1.82) is 0 Å². The minimum absolute atomic E-state index is 0.162. The van der Waals surface area contributed by atoms with Crippen LogP contribution in [0.3, 0.4) is 0 Å². The zero-order valence-corrected chi connectivity index (χ0v) is 14.5. The summed E-state index contributed by atoms with van der Waals surface area (Å²) in [6, 6.07) is 15.8. The molecule has 0 radical (unpaired) electrons. The Balaban J connectivity index is 2.31. The summed E-state index contributed by atoms with van der Waals surface area (Å²) in [6.45, 7) is -0.162. The molecule has 0 atom stereocenters. The van der Waals surface area contributed by atoms with Crippen LogP contribution in [-0.2, 0) is 4.79 Å². The Kier molecular flexibility index (Phi) is 5.65. The van der Waals surface area contributed by atoms with E-state index in [1.165, 1.54) is 0 Å². The van der Waals surface area contributed by atoms with Gasteiger partial charge in [-0.2, -0.15) is 0 Å². The van der Waals surface area contributed by atoms with Crippen LogP contribution in [0.5, 0.6) is 0 Å². The highest BCUT2D eigenvalue weighted by molar-refractivity contribution is 5.71. The molecule has 0 aliphatic heterocycles. The summed E-state index contributed by atoms with van der Waals surface area (Å²) in [6.07, 6.45) is 0. The lowest BCUT2D eigenvalue weighted by molar-refractivity contribution is -0.135. The molecule has 24 heavy (non-hydrogen) atoms. The number of carboxylic acid groups (broad SMARTS) is 1. The second-order valence-corrected chi connectivity index (χ2v) is 5.89. The predicted octanol–water partition coefficient (Wildman–Crippen LogP) is 2.55. The second kappa shape index (κ2) is 7.70. The molecular formula is C18H24N4O2. The van der Waals surface area contributed by atoms with E-state index < -0.39 is 5.97 Å². The summed E-state index contributed by atoms with van der Waals surface area (Å²) in [4.78, 5) is 15.0. The lowest BCUT2D eigenvalue weighted by Crippen LogP contribution is -2.37. The standard InChI is InChI=1S/C18H24N4O2/c1-20(2)14-5-9-16(10-6-14)22(19-13-18(23)24)17-11-7-15(8-12-17)21(3)4/h5-12,19H,13H2,1-4H3,(H,23,24). The molecule has 2 rings (SSSR count). The molecule has 0 saturated heterocycles. The van der Waals surface area contributed by atoms with Gasteiger partial charge in [-0.1, -0.05) is 0 Å². The van der Waals surface area contributed by atoms with Crippen LogP contribution in [0.25, 0.3) is 0 Å². The molecule has 128 valence electrons. The first-order valence-electron chi connectivity index (χ1n) is 7.68. The Hall–Kier alpha value is -2.73. The molecule has 6 heteroatoms. The maximum absolute atomic E-state index is 11.0. The Labute approximate surface area is 142 Å². The molecule has 2 aromatic carbocycles. The molecule has 0 aliphatic rings. The summed E-state index contributed by atoms with van der Waals surface area (Å²) in [7, 11) is 7.93. The first-order valence-corrected chi connectivity index (χ1v) is 7.68. The molecule has 0 heterocycles. The third-order valence-corrected chi connectivity index (χ3v) is 3.64. The fraction of sp³-hybridized carbons (Fsp3) is 0.278. The van der Waals surface area contributed by atoms with Crippen molar-refractivity contribution >= 4 is 28.7 Å². The number of aliphatic carboxylic acids is 1. The third-order valence-electron chi connectivity index (χ3n) is 3.64. The molecule has 0 saturated carbocycles. The average molecular weight is 328 g/mol. The largest absolute Gasteiger partial charge is 0.480 e. The van der Waals surface area contributed by atoms with Crippen LogP contribution in [0.1, 0.15) is 0 Å². The van der Waals surface area contributed by atoms with Crippen LogP contribution in [0.4, 0.5) is 22.7 Å². The molecular weight excluding hydrogens is 304 g/mol. The third kappa shape index (κ3) is 4.39. The summed E-state index contributed by atoms with van der Waals surface area (Å²) in [5.74, 6) is -0.908. The molecule has 2 N–H and O–H groups in total. The molecule has 0 aromatic heterocycles. The van der Waals surface area contributed by atoms with Crippen LogP contribution >= 0.6 is 0 Å². The van der Waals surface area contributed by atoms with E-state index in [4.69, 9.17) is 5.11 Å². The van der Waals surface area contributed by atoms with Crippen LogP contribution in [0, 0.1) is 0 Å². The fourth-order valence-electron chi connectivity index (χ4n) is 2.28. The Bertz CT molecular complexity index is 615. The van der Waals surface area contributed by atoms with Gasteiger partial charge in [-0.15, -0.1) is 0 Å². The van der Waals surface area contributed by atoms with E-state index in [0.29, 0.717) is 0 Å². The zero-order chi connectivity index (χ0) is 17.7. The molecule has 6 nitrogen and oxygen atoms in total. The van der Waals surface area contributed by atoms with Gasteiger partial charge in [-0.3, -0.25) is 9.80 Å². The quantitative estimate of drug-likeness (QED) is 0.762. The highest BCUT2D eigenvalue weighted by Gasteiger charge is 2.11. The number of hydrogen-bond donors (Lipinski definition) is 2. The highest BCUT2D eigenvalue weighted by Crippen LogP contribution is 2.27. The fourth-order valence-corrected chi connectivity index (χ4v) is 2.28. The first kappa shape index (κ1) is 17.6. The molecule has 0 fully saturated rings. The van der Waals surface area contributed by atoms with E-state index in [0.717, 1.165) is 22.7 Å². The van der Waals surface area contributed by atoms with Crippen molar-refractivity contribution in [2.75, 3.05) is 49.5 Å². The molecule has 2 aromatic rings. The maximum Gasteiger partial charge on any atom is 0.319 e. The number of hydrogen-bond acceptors (Lipinski definition) is 5. The Morgan fingerprint density at radius 2 is 1.12 bits per heavy atom. The van der Waals surface area contributed by atoms with Gasteiger partial charge in [0.25, 0.3) is 0 Å². The van der Waals surface area contributed by atoms with Gasteiger partial charge in [0.15, 0.2) is 0 Å².